The lowest BCUT2D eigenvalue weighted by Gasteiger charge is -2.12. The second-order valence-electron chi connectivity index (χ2n) is 3.51. The lowest BCUT2D eigenvalue weighted by molar-refractivity contribution is 0.0441. The van der Waals surface area contributed by atoms with Gasteiger partial charge in [-0.2, -0.15) is 11.3 Å². The van der Waals surface area contributed by atoms with Crippen LogP contribution in [0.25, 0.3) is 0 Å². The summed E-state index contributed by atoms with van der Waals surface area (Å²) in [5.41, 5.74) is 1.07. The highest BCUT2D eigenvalue weighted by Crippen LogP contribution is 2.04. The van der Waals surface area contributed by atoms with Crippen LogP contribution in [0.5, 0.6) is 0 Å². The SMILES string of the molecule is CCOC[C@H](O)CNC(=O)NCc1ccsc1. The van der Waals surface area contributed by atoms with Crippen LogP contribution < -0.4 is 10.6 Å². The summed E-state index contributed by atoms with van der Waals surface area (Å²) in [6.45, 7) is 3.34. The number of hydrogen-bond donors (Lipinski definition) is 3. The Balaban J connectivity index is 2.08. The van der Waals surface area contributed by atoms with Crippen molar-refractivity contribution >= 4 is 17.4 Å². The molecule has 1 aromatic rings. The van der Waals surface area contributed by atoms with Crippen molar-refractivity contribution in [2.75, 3.05) is 19.8 Å². The average molecular weight is 258 g/mol. The van der Waals surface area contributed by atoms with Crippen LogP contribution in [0.3, 0.4) is 0 Å². The van der Waals surface area contributed by atoms with Crippen molar-refractivity contribution in [3.63, 3.8) is 0 Å². The zero-order valence-corrected chi connectivity index (χ0v) is 10.6. The molecule has 0 spiro atoms. The van der Waals surface area contributed by atoms with Gasteiger partial charge in [-0.3, -0.25) is 0 Å². The third kappa shape index (κ3) is 6.25. The zero-order chi connectivity index (χ0) is 12.5. The molecule has 0 fully saturated rings. The molecule has 0 bridgehead atoms. The van der Waals surface area contributed by atoms with E-state index < -0.39 is 6.10 Å². The first-order chi connectivity index (χ1) is 8.22. The van der Waals surface area contributed by atoms with Gasteiger partial charge in [-0.15, -0.1) is 0 Å². The molecular formula is C11H18N2O3S. The highest BCUT2D eigenvalue weighted by atomic mass is 32.1. The number of aliphatic hydroxyl groups is 1. The summed E-state index contributed by atoms with van der Waals surface area (Å²) in [6.07, 6.45) is -0.665. The van der Waals surface area contributed by atoms with Gasteiger partial charge in [-0.25, -0.2) is 4.79 Å². The van der Waals surface area contributed by atoms with Gasteiger partial charge >= 0.3 is 6.03 Å². The van der Waals surface area contributed by atoms with Gasteiger partial charge in [-0.1, -0.05) is 0 Å². The minimum atomic E-state index is -0.665. The van der Waals surface area contributed by atoms with Crippen LogP contribution in [-0.4, -0.2) is 37.0 Å². The summed E-state index contributed by atoms with van der Waals surface area (Å²) in [6, 6.07) is 1.67. The molecule has 6 heteroatoms. The Hall–Kier alpha value is -1.11. The summed E-state index contributed by atoms with van der Waals surface area (Å²) >= 11 is 1.59. The first kappa shape index (κ1) is 14.0. The van der Waals surface area contributed by atoms with Gasteiger partial charge in [0.25, 0.3) is 0 Å². The number of aliphatic hydroxyl groups excluding tert-OH is 1. The Morgan fingerprint density at radius 1 is 1.59 bits per heavy atom. The molecule has 0 saturated carbocycles. The normalized spacial score (nSPS) is 12.1. The molecule has 1 heterocycles. The van der Waals surface area contributed by atoms with Crippen LogP contribution in [-0.2, 0) is 11.3 Å². The Labute approximate surface area is 105 Å². The predicted octanol–water partition coefficient (Wildman–Crippen LogP) is 0.945. The fraction of sp³-hybridized carbons (Fsp3) is 0.545. The van der Waals surface area contributed by atoms with Gasteiger partial charge in [0.1, 0.15) is 0 Å². The number of carbonyl (C=O) groups is 1. The monoisotopic (exact) mass is 258 g/mol. The quantitative estimate of drug-likeness (QED) is 0.682. The van der Waals surface area contributed by atoms with E-state index in [-0.39, 0.29) is 19.2 Å². The van der Waals surface area contributed by atoms with Crippen molar-refractivity contribution in [2.45, 2.75) is 19.6 Å². The molecule has 1 atom stereocenters. The largest absolute Gasteiger partial charge is 0.389 e. The fourth-order valence-corrected chi connectivity index (χ4v) is 1.83. The first-order valence-electron chi connectivity index (χ1n) is 5.51. The van der Waals surface area contributed by atoms with Gasteiger partial charge in [0, 0.05) is 19.7 Å². The Morgan fingerprint density at radius 2 is 2.41 bits per heavy atom. The molecule has 3 N–H and O–H groups in total. The number of nitrogens with one attached hydrogen (secondary N) is 2. The molecule has 0 aliphatic heterocycles. The van der Waals surface area contributed by atoms with E-state index in [1.165, 1.54) is 0 Å². The summed E-state index contributed by atoms with van der Waals surface area (Å²) in [7, 11) is 0. The highest BCUT2D eigenvalue weighted by Gasteiger charge is 2.06. The standard InChI is InChI=1S/C11H18N2O3S/c1-2-16-7-10(14)6-13-11(15)12-5-9-3-4-17-8-9/h3-4,8,10,14H,2,5-7H2,1H3,(H2,12,13,15)/t10-/m1/s1. The maximum Gasteiger partial charge on any atom is 0.315 e. The van der Waals surface area contributed by atoms with E-state index in [1.807, 2.05) is 23.8 Å². The van der Waals surface area contributed by atoms with E-state index in [0.717, 1.165) is 5.56 Å². The summed E-state index contributed by atoms with van der Waals surface area (Å²) in [5.74, 6) is 0. The summed E-state index contributed by atoms with van der Waals surface area (Å²) in [5, 5.41) is 18.6. The topological polar surface area (TPSA) is 70.6 Å². The smallest absolute Gasteiger partial charge is 0.315 e. The van der Waals surface area contributed by atoms with Crippen LogP contribution in [0, 0.1) is 0 Å². The number of thiophene rings is 1. The van der Waals surface area contributed by atoms with Gasteiger partial charge in [0.15, 0.2) is 0 Å². The lowest BCUT2D eigenvalue weighted by Crippen LogP contribution is -2.40. The molecule has 17 heavy (non-hydrogen) atoms. The Morgan fingerprint density at radius 3 is 3.06 bits per heavy atom. The fourth-order valence-electron chi connectivity index (χ4n) is 1.16. The van der Waals surface area contributed by atoms with Gasteiger partial charge in [0.05, 0.1) is 12.7 Å². The molecule has 1 rings (SSSR count). The van der Waals surface area contributed by atoms with Crippen LogP contribution in [0.1, 0.15) is 12.5 Å². The first-order valence-corrected chi connectivity index (χ1v) is 6.45. The summed E-state index contributed by atoms with van der Waals surface area (Å²) < 4.78 is 5.03. The number of hydrogen-bond acceptors (Lipinski definition) is 4. The van der Waals surface area contributed by atoms with E-state index in [2.05, 4.69) is 10.6 Å². The molecular weight excluding hydrogens is 240 g/mol. The van der Waals surface area contributed by atoms with Crippen molar-refractivity contribution in [3.8, 4) is 0 Å². The van der Waals surface area contributed by atoms with E-state index in [4.69, 9.17) is 4.74 Å². The van der Waals surface area contributed by atoms with Gasteiger partial charge in [-0.05, 0) is 29.3 Å². The van der Waals surface area contributed by atoms with Crippen molar-refractivity contribution < 1.29 is 14.6 Å². The van der Waals surface area contributed by atoms with Crippen molar-refractivity contribution in [3.05, 3.63) is 22.4 Å². The van der Waals surface area contributed by atoms with Gasteiger partial charge in [0.2, 0.25) is 0 Å². The number of amides is 2. The van der Waals surface area contributed by atoms with Gasteiger partial charge < -0.3 is 20.5 Å². The molecule has 0 saturated heterocycles. The molecule has 2 amide bonds. The van der Waals surface area contributed by atoms with E-state index >= 15 is 0 Å². The molecule has 96 valence electrons. The van der Waals surface area contributed by atoms with Crippen LogP contribution in [0.2, 0.25) is 0 Å². The predicted molar refractivity (Wildman–Crippen MR) is 67.1 cm³/mol. The molecule has 1 aromatic heterocycles. The van der Waals surface area contributed by atoms with Crippen molar-refractivity contribution in [1.29, 1.82) is 0 Å². The van der Waals surface area contributed by atoms with Crippen LogP contribution in [0.15, 0.2) is 16.8 Å². The van der Waals surface area contributed by atoms with Crippen LogP contribution in [0.4, 0.5) is 4.79 Å². The number of ether oxygens (including phenoxy) is 1. The molecule has 5 nitrogen and oxygen atoms in total. The van der Waals surface area contributed by atoms with Crippen molar-refractivity contribution in [1.82, 2.24) is 10.6 Å². The van der Waals surface area contributed by atoms with E-state index in [9.17, 15) is 9.90 Å². The lowest BCUT2D eigenvalue weighted by atomic mass is 10.3. The second-order valence-corrected chi connectivity index (χ2v) is 4.29. The van der Waals surface area contributed by atoms with E-state index in [1.54, 1.807) is 11.3 Å². The molecule has 0 aromatic carbocycles. The molecule has 0 unspecified atom stereocenters. The molecule has 0 radical (unpaired) electrons. The zero-order valence-electron chi connectivity index (χ0n) is 9.81. The highest BCUT2D eigenvalue weighted by molar-refractivity contribution is 7.07. The summed E-state index contributed by atoms with van der Waals surface area (Å²) in [4.78, 5) is 11.3. The minimum absolute atomic E-state index is 0.190. The Bertz CT molecular complexity index is 317. The maximum atomic E-state index is 11.3. The maximum absolute atomic E-state index is 11.3. The number of carbonyl (C=O) groups excluding carboxylic acids is 1. The number of urea groups is 1. The Kier molecular flexibility index (Phi) is 6.61. The molecule has 0 aliphatic rings. The van der Waals surface area contributed by atoms with Crippen molar-refractivity contribution in [2.24, 2.45) is 0 Å². The van der Waals surface area contributed by atoms with E-state index in [0.29, 0.717) is 13.2 Å². The number of rotatable bonds is 7. The van der Waals surface area contributed by atoms with Crippen LogP contribution >= 0.6 is 11.3 Å². The third-order valence-electron chi connectivity index (χ3n) is 2.05. The minimum Gasteiger partial charge on any atom is -0.389 e. The second kappa shape index (κ2) is 8.05. The average Bonchev–Trinajstić information content (AvgIpc) is 2.84. The molecule has 0 aliphatic carbocycles. The third-order valence-corrected chi connectivity index (χ3v) is 2.78.